The van der Waals surface area contributed by atoms with E-state index in [1.54, 1.807) is 11.0 Å². The van der Waals surface area contributed by atoms with Crippen LogP contribution in [-0.2, 0) is 6.54 Å². The van der Waals surface area contributed by atoms with Crippen molar-refractivity contribution in [2.75, 3.05) is 6.54 Å². The summed E-state index contributed by atoms with van der Waals surface area (Å²) in [4.78, 5) is 3.93. The molecular formula is C11H13BrN4. The van der Waals surface area contributed by atoms with Gasteiger partial charge in [0, 0.05) is 11.0 Å². The number of nitrogens with one attached hydrogen (secondary N) is 1. The topological polar surface area (TPSA) is 42.7 Å². The normalized spacial score (nSPS) is 10.6. The van der Waals surface area contributed by atoms with E-state index in [0.29, 0.717) is 0 Å². The van der Waals surface area contributed by atoms with Crippen molar-refractivity contribution in [1.29, 1.82) is 0 Å². The molecule has 0 aliphatic heterocycles. The molecule has 0 spiro atoms. The molecule has 4 nitrogen and oxygen atoms in total. The minimum absolute atomic E-state index is 0.882. The summed E-state index contributed by atoms with van der Waals surface area (Å²) in [5, 5.41) is 7.39. The second kappa shape index (κ2) is 5.23. The average molecular weight is 281 g/mol. The van der Waals surface area contributed by atoms with Gasteiger partial charge in [-0.3, -0.25) is 0 Å². The SMILES string of the molecule is CCNCc1ccc(-n2cncn2)c(Br)c1. The number of benzene rings is 1. The number of hydrogen-bond donors (Lipinski definition) is 1. The first-order valence-corrected chi connectivity index (χ1v) is 5.94. The molecule has 0 saturated carbocycles. The van der Waals surface area contributed by atoms with E-state index < -0.39 is 0 Å². The molecular weight excluding hydrogens is 268 g/mol. The fourth-order valence-corrected chi connectivity index (χ4v) is 2.06. The summed E-state index contributed by atoms with van der Waals surface area (Å²) in [6.45, 7) is 3.95. The summed E-state index contributed by atoms with van der Waals surface area (Å²) in [7, 11) is 0. The summed E-state index contributed by atoms with van der Waals surface area (Å²) in [5.41, 5.74) is 2.25. The van der Waals surface area contributed by atoms with Gasteiger partial charge >= 0.3 is 0 Å². The van der Waals surface area contributed by atoms with Gasteiger partial charge in [-0.1, -0.05) is 13.0 Å². The third-order valence-corrected chi connectivity index (χ3v) is 2.89. The van der Waals surface area contributed by atoms with E-state index in [9.17, 15) is 0 Å². The predicted octanol–water partition coefficient (Wildman–Crippen LogP) is 2.14. The van der Waals surface area contributed by atoms with Gasteiger partial charge in [-0.25, -0.2) is 9.67 Å². The smallest absolute Gasteiger partial charge is 0.138 e. The largest absolute Gasteiger partial charge is 0.313 e. The van der Waals surface area contributed by atoms with Crippen LogP contribution in [0.1, 0.15) is 12.5 Å². The Labute approximate surface area is 103 Å². The third kappa shape index (κ3) is 2.48. The highest BCUT2D eigenvalue weighted by molar-refractivity contribution is 9.10. The molecule has 1 aromatic carbocycles. The fourth-order valence-electron chi connectivity index (χ4n) is 1.45. The highest BCUT2D eigenvalue weighted by Gasteiger charge is 2.03. The monoisotopic (exact) mass is 280 g/mol. The van der Waals surface area contributed by atoms with E-state index >= 15 is 0 Å². The molecule has 1 heterocycles. The van der Waals surface area contributed by atoms with Crippen molar-refractivity contribution in [3.05, 3.63) is 40.9 Å². The number of halogens is 1. The van der Waals surface area contributed by atoms with E-state index in [4.69, 9.17) is 0 Å². The molecule has 0 unspecified atom stereocenters. The molecule has 1 aromatic heterocycles. The van der Waals surface area contributed by atoms with Gasteiger partial charge in [0.15, 0.2) is 0 Å². The fraction of sp³-hybridized carbons (Fsp3) is 0.273. The molecule has 0 amide bonds. The number of hydrogen-bond acceptors (Lipinski definition) is 3. The lowest BCUT2D eigenvalue weighted by atomic mass is 10.2. The van der Waals surface area contributed by atoms with Crippen molar-refractivity contribution in [2.24, 2.45) is 0 Å². The lowest BCUT2D eigenvalue weighted by molar-refractivity contribution is 0.726. The summed E-state index contributed by atoms with van der Waals surface area (Å²) < 4.78 is 2.76. The van der Waals surface area contributed by atoms with Crippen LogP contribution in [0.4, 0.5) is 0 Å². The number of rotatable bonds is 4. The predicted molar refractivity (Wildman–Crippen MR) is 66.4 cm³/mol. The minimum Gasteiger partial charge on any atom is -0.313 e. The lowest BCUT2D eigenvalue weighted by Crippen LogP contribution is -2.11. The molecule has 0 fully saturated rings. The summed E-state index contributed by atoms with van der Waals surface area (Å²) in [6, 6.07) is 6.22. The van der Waals surface area contributed by atoms with E-state index in [0.717, 1.165) is 23.2 Å². The number of aromatic nitrogens is 3. The van der Waals surface area contributed by atoms with Gasteiger partial charge < -0.3 is 5.32 Å². The van der Waals surface area contributed by atoms with Gasteiger partial charge in [0.05, 0.1) is 5.69 Å². The highest BCUT2D eigenvalue weighted by atomic mass is 79.9. The molecule has 5 heteroatoms. The standard InChI is InChI=1S/C11H13BrN4/c1-2-13-6-9-3-4-11(10(12)5-9)16-8-14-7-15-16/h3-5,7-8,13H,2,6H2,1H3. The van der Waals surface area contributed by atoms with Crippen LogP contribution >= 0.6 is 15.9 Å². The Hall–Kier alpha value is -1.20. The molecule has 0 aliphatic rings. The van der Waals surface area contributed by atoms with Crippen molar-refractivity contribution in [2.45, 2.75) is 13.5 Å². The van der Waals surface area contributed by atoms with E-state index in [-0.39, 0.29) is 0 Å². The summed E-state index contributed by atoms with van der Waals surface area (Å²) in [6.07, 6.45) is 3.21. The molecule has 2 rings (SSSR count). The van der Waals surface area contributed by atoms with Crippen LogP contribution in [0.25, 0.3) is 5.69 Å². The van der Waals surface area contributed by atoms with Crippen LogP contribution in [0.5, 0.6) is 0 Å². The van der Waals surface area contributed by atoms with Crippen LogP contribution < -0.4 is 5.32 Å². The maximum Gasteiger partial charge on any atom is 0.138 e. The quantitative estimate of drug-likeness (QED) is 0.933. The lowest BCUT2D eigenvalue weighted by Gasteiger charge is -2.07. The zero-order valence-corrected chi connectivity index (χ0v) is 10.6. The van der Waals surface area contributed by atoms with Gasteiger partial charge in [-0.05, 0) is 40.2 Å². The van der Waals surface area contributed by atoms with Crippen molar-refractivity contribution in [3.63, 3.8) is 0 Å². The molecule has 0 radical (unpaired) electrons. The van der Waals surface area contributed by atoms with E-state index in [1.807, 2.05) is 6.07 Å². The van der Waals surface area contributed by atoms with Crippen LogP contribution in [0.3, 0.4) is 0 Å². The van der Waals surface area contributed by atoms with Crippen molar-refractivity contribution >= 4 is 15.9 Å². The highest BCUT2D eigenvalue weighted by Crippen LogP contribution is 2.21. The van der Waals surface area contributed by atoms with Gasteiger partial charge in [-0.15, -0.1) is 0 Å². The Balaban J connectivity index is 2.23. The molecule has 2 aromatic rings. The first-order valence-electron chi connectivity index (χ1n) is 5.15. The summed E-state index contributed by atoms with van der Waals surface area (Å²) in [5.74, 6) is 0. The second-order valence-electron chi connectivity index (χ2n) is 3.41. The zero-order chi connectivity index (χ0) is 11.4. The molecule has 0 atom stereocenters. The summed E-state index contributed by atoms with van der Waals surface area (Å²) >= 11 is 3.54. The van der Waals surface area contributed by atoms with Crippen LogP contribution in [0, 0.1) is 0 Å². The van der Waals surface area contributed by atoms with E-state index in [2.05, 4.69) is 50.4 Å². The number of nitrogens with zero attached hydrogens (tertiary/aromatic N) is 3. The first kappa shape index (κ1) is 11.3. The zero-order valence-electron chi connectivity index (χ0n) is 9.02. The van der Waals surface area contributed by atoms with Crippen molar-refractivity contribution in [1.82, 2.24) is 20.1 Å². The Morgan fingerprint density at radius 1 is 1.44 bits per heavy atom. The van der Waals surface area contributed by atoms with Crippen LogP contribution in [0.2, 0.25) is 0 Å². The molecule has 0 bridgehead atoms. The van der Waals surface area contributed by atoms with Crippen molar-refractivity contribution in [3.8, 4) is 5.69 Å². The molecule has 0 aliphatic carbocycles. The van der Waals surface area contributed by atoms with Gasteiger partial charge in [0.1, 0.15) is 12.7 Å². The second-order valence-corrected chi connectivity index (χ2v) is 4.26. The van der Waals surface area contributed by atoms with Crippen molar-refractivity contribution < 1.29 is 0 Å². The minimum atomic E-state index is 0.882. The Morgan fingerprint density at radius 2 is 2.31 bits per heavy atom. The van der Waals surface area contributed by atoms with Crippen LogP contribution in [0.15, 0.2) is 35.3 Å². The Bertz CT molecular complexity index is 453. The third-order valence-electron chi connectivity index (χ3n) is 2.26. The van der Waals surface area contributed by atoms with E-state index in [1.165, 1.54) is 11.9 Å². The first-order chi connectivity index (χ1) is 7.81. The van der Waals surface area contributed by atoms with Gasteiger partial charge in [0.2, 0.25) is 0 Å². The van der Waals surface area contributed by atoms with Gasteiger partial charge in [0.25, 0.3) is 0 Å². The molecule has 84 valence electrons. The maximum absolute atomic E-state index is 4.10. The molecule has 16 heavy (non-hydrogen) atoms. The molecule has 1 N–H and O–H groups in total. The Morgan fingerprint density at radius 3 is 2.94 bits per heavy atom. The average Bonchev–Trinajstić information content (AvgIpc) is 2.80. The van der Waals surface area contributed by atoms with Gasteiger partial charge in [-0.2, -0.15) is 5.10 Å². The molecule has 0 saturated heterocycles. The van der Waals surface area contributed by atoms with Crippen LogP contribution in [-0.4, -0.2) is 21.3 Å². The maximum atomic E-state index is 4.10. The Kier molecular flexibility index (Phi) is 3.69.